The zero-order valence-electron chi connectivity index (χ0n) is 11.1. The van der Waals surface area contributed by atoms with Crippen LogP contribution in [-0.4, -0.2) is 33.0 Å². The fraction of sp³-hybridized carbons (Fsp3) is 0.538. The lowest BCUT2D eigenvalue weighted by Gasteiger charge is -2.28. The number of hydrogen-bond acceptors (Lipinski definition) is 5. The maximum absolute atomic E-state index is 11.5. The Morgan fingerprint density at radius 3 is 2.50 bits per heavy atom. The largest absolute Gasteiger partial charge is 0.480 e. The van der Waals surface area contributed by atoms with Crippen molar-refractivity contribution in [1.29, 1.82) is 0 Å². The quantitative estimate of drug-likeness (QED) is 0.740. The maximum atomic E-state index is 11.5. The number of amides is 1. The monoisotopic (exact) mass is 278 g/mol. The summed E-state index contributed by atoms with van der Waals surface area (Å²) in [7, 11) is 0. The Bertz CT molecular complexity index is 500. The van der Waals surface area contributed by atoms with Crippen LogP contribution in [-0.2, 0) is 4.79 Å². The van der Waals surface area contributed by atoms with E-state index in [9.17, 15) is 14.7 Å². The number of carbonyl (C=O) groups is 2. The summed E-state index contributed by atoms with van der Waals surface area (Å²) in [5, 5.41) is 12.2. The van der Waals surface area contributed by atoms with Crippen LogP contribution in [0.4, 0.5) is 5.82 Å². The van der Waals surface area contributed by atoms with Crippen molar-refractivity contribution in [3.05, 3.63) is 18.1 Å². The highest BCUT2D eigenvalue weighted by molar-refractivity contribution is 5.96. The molecule has 1 heterocycles. The molecule has 7 nitrogen and oxygen atoms in total. The maximum Gasteiger partial charge on any atom is 0.326 e. The molecule has 0 aromatic carbocycles. The molecular weight excluding hydrogens is 260 g/mol. The summed E-state index contributed by atoms with van der Waals surface area (Å²) in [4.78, 5) is 30.6. The van der Waals surface area contributed by atoms with Gasteiger partial charge in [0.25, 0.3) is 5.91 Å². The third-order valence-electron chi connectivity index (χ3n) is 3.61. The standard InChI is InChI=1S/C13H18N4O3/c14-11(18)10-12(16-7-6-15-10)17-9(13(19)20)8-4-2-1-3-5-8/h6-9H,1-5H2,(H2,14,18)(H,16,17)(H,19,20). The minimum atomic E-state index is -0.946. The van der Waals surface area contributed by atoms with E-state index in [1.807, 2.05) is 0 Å². The lowest BCUT2D eigenvalue weighted by Crippen LogP contribution is -2.39. The van der Waals surface area contributed by atoms with E-state index in [2.05, 4.69) is 15.3 Å². The van der Waals surface area contributed by atoms with Crippen molar-refractivity contribution in [1.82, 2.24) is 9.97 Å². The third-order valence-corrected chi connectivity index (χ3v) is 3.61. The number of aromatic nitrogens is 2. The minimum absolute atomic E-state index is 0.0315. The second-order valence-corrected chi connectivity index (χ2v) is 4.98. The number of primary amides is 1. The lowest BCUT2D eigenvalue weighted by atomic mass is 9.84. The van der Waals surface area contributed by atoms with Gasteiger partial charge in [-0.2, -0.15) is 0 Å². The van der Waals surface area contributed by atoms with E-state index < -0.39 is 17.9 Å². The van der Waals surface area contributed by atoms with Crippen LogP contribution in [0.3, 0.4) is 0 Å². The molecule has 1 aromatic heterocycles. The van der Waals surface area contributed by atoms with Crippen LogP contribution in [0.5, 0.6) is 0 Å². The van der Waals surface area contributed by atoms with Gasteiger partial charge in [0.05, 0.1) is 0 Å². The average molecular weight is 278 g/mol. The van der Waals surface area contributed by atoms with Crippen LogP contribution in [0, 0.1) is 5.92 Å². The van der Waals surface area contributed by atoms with E-state index in [1.54, 1.807) is 0 Å². The first kappa shape index (κ1) is 14.2. The van der Waals surface area contributed by atoms with Crippen molar-refractivity contribution in [3.8, 4) is 0 Å². The molecule has 1 aliphatic rings. The highest BCUT2D eigenvalue weighted by Gasteiger charge is 2.30. The topological polar surface area (TPSA) is 118 Å². The number of hydrogen-bond donors (Lipinski definition) is 3. The number of nitrogens with zero attached hydrogens (tertiary/aromatic N) is 2. The van der Waals surface area contributed by atoms with Crippen LogP contribution in [0.25, 0.3) is 0 Å². The Labute approximate surface area is 116 Å². The van der Waals surface area contributed by atoms with Crippen molar-refractivity contribution >= 4 is 17.7 Å². The molecule has 1 amide bonds. The normalized spacial score (nSPS) is 17.4. The van der Waals surface area contributed by atoms with E-state index in [4.69, 9.17) is 5.73 Å². The van der Waals surface area contributed by atoms with E-state index in [1.165, 1.54) is 12.4 Å². The van der Waals surface area contributed by atoms with Crippen molar-refractivity contribution in [2.45, 2.75) is 38.1 Å². The van der Waals surface area contributed by atoms with Crippen molar-refractivity contribution in [2.75, 3.05) is 5.32 Å². The Morgan fingerprint density at radius 1 is 1.25 bits per heavy atom. The summed E-state index contributed by atoms with van der Waals surface area (Å²) < 4.78 is 0. The molecule has 7 heteroatoms. The number of carboxylic acid groups (broad SMARTS) is 1. The predicted molar refractivity (Wildman–Crippen MR) is 72.2 cm³/mol. The third kappa shape index (κ3) is 3.23. The van der Waals surface area contributed by atoms with Gasteiger partial charge >= 0.3 is 5.97 Å². The molecule has 4 N–H and O–H groups in total. The molecule has 0 radical (unpaired) electrons. The minimum Gasteiger partial charge on any atom is -0.480 e. The highest BCUT2D eigenvalue weighted by Crippen LogP contribution is 2.28. The molecule has 108 valence electrons. The summed E-state index contributed by atoms with van der Waals surface area (Å²) in [6.45, 7) is 0. The van der Waals surface area contributed by atoms with Gasteiger partial charge in [0.15, 0.2) is 11.5 Å². The SMILES string of the molecule is NC(=O)c1nccnc1NC(C(=O)O)C1CCCCC1. The van der Waals surface area contributed by atoms with Crippen LogP contribution in [0.15, 0.2) is 12.4 Å². The van der Waals surface area contributed by atoms with Crippen LogP contribution in [0.1, 0.15) is 42.6 Å². The Balaban J connectivity index is 2.20. The molecule has 2 rings (SSSR count). The summed E-state index contributed by atoms with van der Waals surface area (Å²) in [6.07, 6.45) is 7.65. The fourth-order valence-electron chi connectivity index (χ4n) is 2.62. The van der Waals surface area contributed by atoms with E-state index >= 15 is 0 Å². The number of nitrogens with two attached hydrogens (primary N) is 1. The molecule has 1 saturated carbocycles. The average Bonchev–Trinajstić information content (AvgIpc) is 2.45. The highest BCUT2D eigenvalue weighted by atomic mass is 16.4. The smallest absolute Gasteiger partial charge is 0.326 e. The van der Waals surface area contributed by atoms with Gasteiger partial charge < -0.3 is 16.2 Å². The molecular formula is C13H18N4O3. The first-order valence-corrected chi connectivity index (χ1v) is 6.69. The van der Waals surface area contributed by atoms with Gasteiger partial charge in [0.1, 0.15) is 6.04 Å². The second kappa shape index (κ2) is 6.31. The zero-order chi connectivity index (χ0) is 14.5. The number of carboxylic acids is 1. The molecule has 1 atom stereocenters. The summed E-state index contributed by atoms with van der Waals surface area (Å²) in [5.74, 6) is -1.51. The number of carbonyl (C=O) groups excluding carboxylic acids is 1. The van der Waals surface area contributed by atoms with Gasteiger partial charge in [0.2, 0.25) is 0 Å². The Kier molecular flexibility index (Phi) is 4.49. The Hall–Kier alpha value is -2.18. The zero-order valence-corrected chi connectivity index (χ0v) is 11.1. The van der Waals surface area contributed by atoms with Crippen molar-refractivity contribution < 1.29 is 14.7 Å². The summed E-state index contributed by atoms with van der Waals surface area (Å²) in [5.41, 5.74) is 5.18. The molecule has 0 saturated heterocycles. The van der Waals surface area contributed by atoms with Gasteiger partial charge in [-0.3, -0.25) is 4.79 Å². The molecule has 1 aliphatic carbocycles. The van der Waals surface area contributed by atoms with Crippen LogP contribution >= 0.6 is 0 Å². The van der Waals surface area contributed by atoms with Gasteiger partial charge in [0, 0.05) is 12.4 Å². The van der Waals surface area contributed by atoms with Gasteiger partial charge in [-0.05, 0) is 18.8 Å². The molecule has 1 aromatic rings. The number of anilines is 1. The van der Waals surface area contributed by atoms with E-state index in [0.717, 1.165) is 32.1 Å². The Morgan fingerprint density at radius 2 is 1.90 bits per heavy atom. The first-order chi connectivity index (χ1) is 9.59. The molecule has 1 unspecified atom stereocenters. The molecule has 0 bridgehead atoms. The van der Waals surface area contributed by atoms with E-state index in [0.29, 0.717) is 0 Å². The molecule has 1 fully saturated rings. The lowest BCUT2D eigenvalue weighted by molar-refractivity contribution is -0.139. The van der Waals surface area contributed by atoms with Crippen LogP contribution in [0.2, 0.25) is 0 Å². The summed E-state index contributed by atoms with van der Waals surface area (Å²) >= 11 is 0. The van der Waals surface area contributed by atoms with Gasteiger partial charge in [-0.25, -0.2) is 14.8 Å². The van der Waals surface area contributed by atoms with E-state index in [-0.39, 0.29) is 17.4 Å². The van der Waals surface area contributed by atoms with Gasteiger partial charge in [-0.1, -0.05) is 19.3 Å². The fourth-order valence-corrected chi connectivity index (χ4v) is 2.62. The predicted octanol–water partition coefficient (Wildman–Crippen LogP) is 1.02. The van der Waals surface area contributed by atoms with Crippen LogP contribution < -0.4 is 11.1 Å². The molecule has 0 aliphatic heterocycles. The number of nitrogens with one attached hydrogen (secondary N) is 1. The summed E-state index contributed by atoms with van der Waals surface area (Å²) in [6, 6.07) is -0.773. The molecule has 20 heavy (non-hydrogen) atoms. The van der Waals surface area contributed by atoms with Crippen molar-refractivity contribution in [3.63, 3.8) is 0 Å². The first-order valence-electron chi connectivity index (χ1n) is 6.69. The molecule has 0 spiro atoms. The van der Waals surface area contributed by atoms with Crippen molar-refractivity contribution in [2.24, 2.45) is 11.7 Å². The number of rotatable bonds is 5. The second-order valence-electron chi connectivity index (χ2n) is 4.98. The van der Waals surface area contributed by atoms with Gasteiger partial charge in [-0.15, -0.1) is 0 Å². The number of aliphatic carboxylic acids is 1.